The predicted molar refractivity (Wildman–Crippen MR) is 78.9 cm³/mol. The molecule has 0 aromatic carbocycles. The van der Waals surface area contributed by atoms with Gasteiger partial charge in [0.25, 0.3) is 5.91 Å². The van der Waals surface area contributed by atoms with Gasteiger partial charge in [0.2, 0.25) is 0 Å². The van der Waals surface area contributed by atoms with E-state index in [1.54, 1.807) is 13.2 Å². The number of carbonyl (C=O) groups excluding carboxylic acids is 1. The van der Waals surface area contributed by atoms with E-state index in [1.807, 2.05) is 4.90 Å². The summed E-state index contributed by atoms with van der Waals surface area (Å²) in [7, 11) is 1.59. The van der Waals surface area contributed by atoms with E-state index in [1.165, 1.54) is 11.3 Å². The largest absolute Gasteiger partial charge is 0.495 e. The third-order valence-electron chi connectivity index (χ3n) is 3.58. The number of likely N-dealkylation sites (tertiary alicyclic amines) is 1. The number of aliphatic hydroxyl groups excluding tert-OH is 1. The second-order valence-electron chi connectivity index (χ2n) is 4.89. The molecule has 1 aromatic rings. The summed E-state index contributed by atoms with van der Waals surface area (Å²) in [4.78, 5) is 15.1. The molecule has 0 spiro atoms. The molecule has 106 valence electrons. The van der Waals surface area contributed by atoms with E-state index in [2.05, 4.69) is 22.9 Å². The van der Waals surface area contributed by atoms with Crippen LogP contribution in [0.15, 0.2) is 9.85 Å². The van der Waals surface area contributed by atoms with Crippen LogP contribution in [0.5, 0.6) is 5.75 Å². The molecule has 1 aliphatic rings. The van der Waals surface area contributed by atoms with Gasteiger partial charge in [0.15, 0.2) is 0 Å². The van der Waals surface area contributed by atoms with Crippen LogP contribution in [0, 0.1) is 5.92 Å². The van der Waals surface area contributed by atoms with Gasteiger partial charge >= 0.3 is 0 Å². The summed E-state index contributed by atoms with van der Waals surface area (Å²) in [6, 6.07) is 1.99. The lowest BCUT2D eigenvalue weighted by molar-refractivity contribution is 0.0493. The fourth-order valence-corrected chi connectivity index (χ4v) is 3.96. The minimum absolute atomic E-state index is 0.0275. The maximum Gasteiger partial charge on any atom is 0.264 e. The van der Waals surface area contributed by atoms with E-state index in [4.69, 9.17) is 4.74 Å². The minimum Gasteiger partial charge on any atom is -0.495 e. The maximum absolute atomic E-state index is 12.5. The van der Waals surface area contributed by atoms with Crippen molar-refractivity contribution in [1.29, 1.82) is 0 Å². The van der Waals surface area contributed by atoms with Crippen LogP contribution in [0.2, 0.25) is 0 Å². The lowest BCUT2D eigenvalue weighted by atomic mass is 9.94. The Hall–Kier alpha value is -0.590. The van der Waals surface area contributed by atoms with Crippen molar-refractivity contribution in [2.45, 2.75) is 25.8 Å². The summed E-state index contributed by atoms with van der Waals surface area (Å²) in [5, 5.41) is 9.27. The van der Waals surface area contributed by atoms with Gasteiger partial charge in [0, 0.05) is 25.3 Å². The molecule has 1 aromatic heterocycles. The molecule has 2 heterocycles. The highest BCUT2D eigenvalue weighted by atomic mass is 79.9. The number of carbonyl (C=O) groups is 1. The molecule has 1 N–H and O–H groups in total. The highest BCUT2D eigenvalue weighted by Crippen LogP contribution is 2.36. The smallest absolute Gasteiger partial charge is 0.264 e. The van der Waals surface area contributed by atoms with E-state index in [-0.39, 0.29) is 24.5 Å². The summed E-state index contributed by atoms with van der Waals surface area (Å²) in [6.45, 7) is 2.84. The second-order valence-corrected chi connectivity index (χ2v) is 7.26. The zero-order chi connectivity index (χ0) is 14.0. The standard InChI is InChI=1S/C13H18BrNO3S/c1-8-3-4-9(7-16)6-15(8)13(17)11-5-10(18-2)12(14)19-11/h5,8-9,16H,3-4,6-7H2,1-2H3. The van der Waals surface area contributed by atoms with Gasteiger partial charge in [-0.25, -0.2) is 0 Å². The number of hydrogen-bond donors (Lipinski definition) is 1. The van der Waals surface area contributed by atoms with Crippen molar-refractivity contribution >= 4 is 33.2 Å². The van der Waals surface area contributed by atoms with E-state index in [0.29, 0.717) is 17.2 Å². The van der Waals surface area contributed by atoms with Crippen molar-refractivity contribution < 1.29 is 14.6 Å². The number of ether oxygens (including phenoxy) is 1. The quantitative estimate of drug-likeness (QED) is 0.914. The molecule has 2 unspecified atom stereocenters. The lowest BCUT2D eigenvalue weighted by Crippen LogP contribution is -2.46. The molecule has 2 atom stereocenters. The molecule has 1 fully saturated rings. The number of rotatable bonds is 3. The number of piperidine rings is 1. The number of thiophene rings is 1. The van der Waals surface area contributed by atoms with Gasteiger partial charge in [0.1, 0.15) is 9.54 Å². The first kappa shape index (κ1) is 14.8. The molecule has 4 nitrogen and oxygen atoms in total. The number of hydrogen-bond acceptors (Lipinski definition) is 4. The van der Waals surface area contributed by atoms with E-state index in [0.717, 1.165) is 16.6 Å². The van der Waals surface area contributed by atoms with Crippen LogP contribution in [0.3, 0.4) is 0 Å². The Bertz CT molecular complexity index is 463. The zero-order valence-electron chi connectivity index (χ0n) is 11.1. The number of aliphatic hydroxyl groups is 1. The summed E-state index contributed by atoms with van der Waals surface area (Å²) in [5.74, 6) is 0.918. The third-order valence-corrected chi connectivity index (χ3v) is 5.35. The zero-order valence-corrected chi connectivity index (χ0v) is 13.5. The average molecular weight is 348 g/mol. The average Bonchev–Trinajstić information content (AvgIpc) is 2.80. The van der Waals surface area contributed by atoms with E-state index in [9.17, 15) is 9.90 Å². The third kappa shape index (κ3) is 3.12. The summed E-state index contributed by atoms with van der Waals surface area (Å²) < 4.78 is 6.02. The van der Waals surface area contributed by atoms with Crippen LogP contribution in [0.1, 0.15) is 29.4 Å². The molecular formula is C13H18BrNO3S. The van der Waals surface area contributed by atoms with Crippen LogP contribution in [0.25, 0.3) is 0 Å². The first-order valence-electron chi connectivity index (χ1n) is 6.32. The summed E-state index contributed by atoms with van der Waals surface area (Å²) in [5.41, 5.74) is 0. The first-order valence-corrected chi connectivity index (χ1v) is 7.93. The maximum atomic E-state index is 12.5. The molecule has 0 radical (unpaired) electrons. The number of amides is 1. The van der Waals surface area contributed by atoms with Crippen LogP contribution in [0.4, 0.5) is 0 Å². The van der Waals surface area contributed by atoms with Crippen molar-refractivity contribution in [2.75, 3.05) is 20.3 Å². The number of methoxy groups -OCH3 is 1. The molecule has 0 saturated carbocycles. The lowest BCUT2D eigenvalue weighted by Gasteiger charge is -2.37. The predicted octanol–water partition coefficient (Wildman–Crippen LogP) is 2.75. The minimum atomic E-state index is 0.0275. The Balaban J connectivity index is 2.17. The Morgan fingerprint density at radius 3 is 2.95 bits per heavy atom. The van der Waals surface area contributed by atoms with Crippen molar-refractivity contribution in [2.24, 2.45) is 5.92 Å². The molecule has 1 aliphatic heterocycles. The molecule has 0 bridgehead atoms. The fourth-order valence-electron chi connectivity index (χ4n) is 2.35. The number of halogens is 1. The highest BCUT2D eigenvalue weighted by molar-refractivity contribution is 9.11. The topological polar surface area (TPSA) is 49.8 Å². The highest BCUT2D eigenvalue weighted by Gasteiger charge is 2.30. The molecule has 2 rings (SSSR count). The number of nitrogens with zero attached hydrogens (tertiary/aromatic N) is 1. The Labute approximate surface area is 125 Å². The Morgan fingerprint density at radius 2 is 2.37 bits per heavy atom. The van der Waals surface area contributed by atoms with Gasteiger partial charge in [-0.3, -0.25) is 4.79 Å². The van der Waals surface area contributed by atoms with Crippen molar-refractivity contribution in [3.8, 4) is 5.75 Å². The first-order chi connectivity index (χ1) is 9.06. The van der Waals surface area contributed by atoms with Crippen LogP contribution < -0.4 is 4.74 Å². The van der Waals surface area contributed by atoms with Crippen molar-refractivity contribution in [3.05, 3.63) is 14.7 Å². The molecule has 1 saturated heterocycles. The normalized spacial score (nSPS) is 23.5. The van der Waals surface area contributed by atoms with Crippen molar-refractivity contribution in [3.63, 3.8) is 0 Å². The van der Waals surface area contributed by atoms with Gasteiger partial charge in [0.05, 0.1) is 12.0 Å². The molecular weight excluding hydrogens is 330 g/mol. The molecule has 1 amide bonds. The van der Waals surface area contributed by atoms with Gasteiger partial charge in [-0.05, 0) is 41.6 Å². The molecule has 0 aliphatic carbocycles. The van der Waals surface area contributed by atoms with E-state index < -0.39 is 0 Å². The SMILES string of the molecule is COc1cc(C(=O)N2CC(CO)CCC2C)sc1Br. The van der Waals surface area contributed by atoms with Crippen LogP contribution in [-0.4, -0.2) is 42.2 Å². The van der Waals surface area contributed by atoms with Gasteiger partial charge in [-0.15, -0.1) is 11.3 Å². The van der Waals surface area contributed by atoms with Crippen LogP contribution >= 0.6 is 27.3 Å². The molecule has 6 heteroatoms. The van der Waals surface area contributed by atoms with Gasteiger partial charge in [-0.1, -0.05) is 0 Å². The van der Waals surface area contributed by atoms with E-state index >= 15 is 0 Å². The van der Waals surface area contributed by atoms with Gasteiger partial charge in [-0.2, -0.15) is 0 Å². The summed E-state index contributed by atoms with van der Waals surface area (Å²) in [6.07, 6.45) is 1.93. The second kappa shape index (κ2) is 6.24. The molecule has 19 heavy (non-hydrogen) atoms. The van der Waals surface area contributed by atoms with Crippen molar-refractivity contribution in [1.82, 2.24) is 4.90 Å². The Kier molecular flexibility index (Phi) is 4.86. The monoisotopic (exact) mass is 347 g/mol. The van der Waals surface area contributed by atoms with Crippen LogP contribution in [-0.2, 0) is 0 Å². The Morgan fingerprint density at radius 1 is 1.63 bits per heavy atom. The summed E-state index contributed by atoms with van der Waals surface area (Å²) >= 11 is 4.78. The van der Waals surface area contributed by atoms with Gasteiger partial charge < -0.3 is 14.7 Å². The fraction of sp³-hybridized carbons (Fsp3) is 0.615.